The number of carbonyl (C=O) groups is 1. The van der Waals surface area contributed by atoms with Crippen LogP contribution in [0.5, 0.6) is 5.75 Å². The van der Waals surface area contributed by atoms with E-state index in [1.165, 1.54) is 10.9 Å². The van der Waals surface area contributed by atoms with Gasteiger partial charge in [0, 0.05) is 5.69 Å². The van der Waals surface area contributed by atoms with Gasteiger partial charge in [-0.3, -0.25) is 14.6 Å². The van der Waals surface area contributed by atoms with Crippen molar-refractivity contribution in [1.29, 1.82) is 0 Å². The average Bonchev–Trinajstić information content (AvgIpc) is 3.19. The van der Waals surface area contributed by atoms with Gasteiger partial charge < -0.3 is 15.4 Å². The summed E-state index contributed by atoms with van der Waals surface area (Å²) in [5.74, 6) is 0.533. The van der Waals surface area contributed by atoms with Gasteiger partial charge in [-0.1, -0.05) is 23.7 Å². The Hall–Kier alpha value is -3.85. The van der Waals surface area contributed by atoms with E-state index in [-0.39, 0.29) is 17.4 Å². The molecular weight excluding hydrogens is 420 g/mol. The fourth-order valence-electron chi connectivity index (χ4n) is 2.98. The molecule has 0 saturated heterocycles. The van der Waals surface area contributed by atoms with Crippen molar-refractivity contribution in [3.63, 3.8) is 0 Å². The number of amides is 1. The van der Waals surface area contributed by atoms with Crippen LogP contribution in [0.25, 0.3) is 16.7 Å². The van der Waals surface area contributed by atoms with Crippen molar-refractivity contribution < 1.29 is 9.53 Å². The van der Waals surface area contributed by atoms with Gasteiger partial charge in [0.25, 0.3) is 5.56 Å². The first-order valence-electron chi connectivity index (χ1n) is 9.40. The van der Waals surface area contributed by atoms with E-state index in [1.807, 2.05) is 6.07 Å². The lowest BCUT2D eigenvalue weighted by molar-refractivity contribution is -0.116. The molecule has 0 aliphatic heterocycles. The van der Waals surface area contributed by atoms with Gasteiger partial charge in [0.2, 0.25) is 11.9 Å². The van der Waals surface area contributed by atoms with Crippen LogP contribution in [-0.2, 0) is 4.79 Å². The molecule has 1 amide bonds. The number of methoxy groups -OCH3 is 1. The van der Waals surface area contributed by atoms with Gasteiger partial charge in [0.05, 0.1) is 24.0 Å². The molecule has 10 heteroatoms. The van der Waals surface area contributed by atoms with E-state index in [4.69, 9.17) is 16.3 Å². The van der Waals surface area contributed by atoms with Crippen LogP contribution < -0.4 is 20.9 Å². The van der Waals surface area contributed by atoms with Gasteiger partial charge in [-0.25, -0.2) is 4.68 Å². The number of aromatic amines is 1. The summed E-state index contributed by atoms with van der Waals surface area (Å²) in [6.07, 6.45) is 1.42. The van der Waals surface area contributed by atoms with Crippen molar-refractivity contribution in [2.24, 2.45) is 0 Å². The van der Waals surface area contributed by atoms with E-state index < -0.39 is 6.04 Å². The van der Waals surface area contributed by atoms with Gasteiger partial charge in [-0.2, -0.15) is 10.1 Å². The predicted molar refractivity (Wildman–Crippen MR) is 119 cm³/mol. The second-order valence-electron chi connectivity index (χ2n) is 6.74. The molecule has 2 aromatic carbocycles. The quantitative estimate of drug-likeness (QED) is 0.426. The summed E-state index contributed by atoms with van der Waals surface area (Å²) in [6.45, 7) is 1.66. The van der Waals surface area contributed by atoms with Crippen LogP contribution in [0.1, 0.15) is 6.92 Å². The number of nitrogens with one attached hydrogen (secondary N) is 3. The van der Waals surface area contributed by atoms with Crippen molar-refractivity contribution in [2.45, 2.75) is 13.0 Å². The molecule has 4 rings (SSSR count). The molecule has 1 atom stereocenters. The highest BCUT2D eigenvalue weighted by atomic mass is 35.5. The number of H-pyrrole nitrogens is 1. The smallest absolute Gasteiger partial charge is 0.263 e. The van der Waals surface area contributed by atoms with E-state index >= 15 is 0 Å². The minimum Gasteiger partial charge on any atom is -0.497 e. The number of benzene rings is 2. The molecule has 3 N–H and O–H groups in total. The largest absolute Gasteiger partial charge is 0.497 e. The van der Waals surface area contributed by atoms with Crippen LogP contribution in [0.15, 0.2) is 59.5 Å². The fraction of sp³-hybridized carbons (Fsp3) is 0.143. The Bertz CT molecular complexity index is 1300. The summed E-state index contributed by atoms with van der Waals surface area (Å²) in [5, 5.41) is 10.7. The summed E-state index contributed by atoms with van der Waals surface area (Å²) < 4.78 is 6.59. The number of rotatable bonds is 6. The summed E-state index contributed by atoms with van der Waals surface area (Å²) in [6, 6.07) is 13.4. The lowest BCUT2D eigenvalue weighted by atomic mass is 10.2. The summed E-state index contributed by atoms with van der Waals surface area (Å²) >= 11 is 6.27. The van der Waals surface area contributed by atoms with Crippen LogP contribution in [0.2, 0.25) is 5.02 Å². The molecule has 2 aromatic heterocycles. The van der Waals surface area contributed by atoms with Crippen molar-refractivity contribution in [3.05, 3.63) is 70.1 Å². The van der Waals surface area contributed by atoms with E-state index in [0.29, 0.717) is 33.2 Å². The second-order valence-corrected chi connectivity index (χ2v) is 7.15. The monoisotopic (exact) mass is 438 g/mol. The van der Waals surface area contributed by atoms with Crippen molar-refractivity contribution in [1.82, 2.24) is 19.7 Å². The van der Waals surface area contributed by atoms with Gasteiger partial charge in [-0.15, -0.1) is 0 Å². The molecule has 9 nitrogen and oxygen atoms in total. The highest BCUT2D eigenvalue weighted by Crippen LogP contribution is 2.22. The molecule has 0 unspecified atom stereocenters. The Morgan fingerprint density at radius 1 is 1.19 bits per heavy atom. The van der Waals surface area contributed by atoms with Gasteiger partial charge in [-0.05, 0) is 43.3 Å². The van der Waals surface area contributed by atoms with Crippen LogP contribution in [0.4, 0.5) is 11.6 Å². The van der Waals surface area contributed by atoms with Gasteiger partial charge >= 0.3 is 0 Å². The van der Waals surface area contributed by atoms with Crippen molar-refractivity contribution in [2.75, 3.05) is 17.7 Å². The summed E-state index contributed by atoms with van der Waals surface area (Å²) in [7, 11) is 1.57. The minimum absolute atomic E-state index is 0.142. The Kier molecular flexibility index (Phi) is 5.59. The lowest BCUT2D eigenvalue weighted by Gasteiger charge is -2.15. The van der Waals surface area contributed by atoms with Crippen LogP contribution >= 0.6 is 11.6 Å². The maximum Gasteiger partial charge on any atom is 0.263 e. The number of hydrogen-bond donors (Lipinski definition) is 3. The third kappa shape index (κ3) is 4.22. The Morgan fingerprint density at radius 3 is 2.65 bits per heavy atom. The number of anilines is 2. The molecule has 0 saturated carbocycles. The molecule has 0 bridgehead atoms. The van der Waals surface area contributed by atoms with E-state index in [0.717, 1.165) is 0 Å². The molecule has 158 valence electrons. The first-order valence-corrected chi connectivity index (χ1v) is 9.78. The molecule has 0 aliphatic rings. The normalized spacial score (nSPS) is 11.8. The topological polar surface area (TPSA) is 114 Å². The molecule has 0 fully saturated rings. The van der Waals surface area contributed by atoms with Crippen LogP contribution in [0.3, 0.4) is 0 Å². The van der Waals surface area contributed by atoms with Crippen LogP contribution in [0, 0.1) is 0 Å². The average molecular weight is 439 g/mol. The zero-order chi connectivity index (χ0) is 22.0. The first kappa shape index (κ1) is 20.4. The molecule has 4 aromatic rings. The zero-order valence-electron chi connectivity index (χ0n) is 16.7. The highest BCUT2D eigenvalue weighted by Gasteiger charge is 2.17. The number of nitrogens with zero attached hydrogens (tertiary/aromatic N) is 3. The van der Waals surface area contributed by atoms with Crippen molar-refractivity contribution in [3.8, 4) is 11.4 Å². The predicted octanol–water partition coefficient (Wildman–Crippen LogP) is 3.21. The summed E-state index contributed by atoms with van der Waals surface area (Å²) in [4.78, 5) is 32.1. The molecular formula is C21H19ClN6O3. The van der Waals surface area contributed by atoms with Crippen LogP contribution in [-0.4, -0.2) is 38.8 Å². The number of para-hydroxylation sites is 1. The Morgan fingerprint density at radius 2 is 1.94 bits per heavy atom. The second kappa shape index (κ2) is 8.49. The number of ether oxygens (including phenoxy) is 1. The minimum atomic E-state index is -0.681. The lowest BCUT2D eigenvalue weighted by Crippen LogP contribution is -2.33. The number of halogens is 1. The fourth-order valence-corrected chi connectivity index (χ4v) is 3.20. The van der Waals surface area contributed by atoms with Gasteiger partial charge in [0.1, 0.15) is 17.2 Å². The number of fused-ring (bicyclic) bond motifs is 1. The highest BCUT2D eigenvalue weighted by molar-refractivity contribution is 6.32. The number of hydrogen-bond acceptors (Lipinski definition) is 6. The first-order chi connectivity index (χ1) is 15.0. The standard InChI is InChI=1S/C21H19ClN6O3/c1-12(19(29)25-13-7-9-14(31-2)10-8-13)24-21-26-18-15(20(30)27-21)11-23-28(18)17-6-4-3-5-16(17)22/h3-12H,1-2H3,(H,25,29)(H2,24,26,27,30)/t12-/m0/s1. The molecule has 31 heavy (non-hydrogen) atoms. The zero-order valence-corrected chi connectivity index (χ0v) is 17.5. The van der Waals surface area contributed by atoms with E-state index in [2.05, 4.69) is 25.7 Å². The molecule has 0 spiro atoms. The van der Waals surface area contributed by atoms with Gasteiger partial charge in [0.15, 0.2) is 5.65 Å². The SMILES string of the molecule is COc1ccc(NC(=O)[C@H](C)Nc2nc3c(cnn3-c3ccccc3Cl)c(=O)[nH]2)cc1. The molecule has 2 heterocycles. The van der Waals surface area contributed by atoms with Crippen molar-refractivity contribution >= 4 is 40.2 Å². The Balaban J connectivity index is 1.57. The molecule has 0 aliphatic carbocycles. The van der Waals surface area contributed by atoms with E-state index in [9.17, 15) is 9.59 Å². The third-order valence-corrected chi connectivity index (χ3v) is 4.94. The molecule has 0 radical (unpaired) electrons. The maximum absolute atomic E-state index is 12.5. The number of carbonyl (C=O) groups excluding carboxylic acids is 1. The third-order valence-electron chi connectivity index (χ3n) is 4.62. The maximum atomic E-state index is 12.5. The summed E-state index contributed by atoms with van der Waals surface area (Å²) in [5.41, 5.74) is 1.15. The van der Waals surface area contributed by atoms with E-state index in [1.54, 1.807) is 56.5 Å². The Labute approximate surface area is 182 Å². The number of aromatic nitrogens is 4.